The minimum Gasteiger partial charge on any atom is -0.310 e. The van der Waals surface area contributed by atoms with Crippen LogP contribution in [0.4, 0.5) is 17.1 Å². The number of hydrogen-bond donors (Lipinski definition) is 0. The number of benzene rings is 4. The van der Waals surface area contributed by atoms with Crippen LogP contribution in [-0.4, -0.2) is 0 Å². The Morgan fingerprint density at radius 2 is 0.966 bits per heavy atom. The normalized spacial score (nSPS) is 10.8. The molecule has 0 aliphatic heterocycles. The van der Waals surface area contributed by atoms with Gasteiger partial charge in [0.05, 0.1) is 5.69 Å². The molecule has 4 rings (SSSR count). The number of aryl methyl sites for hydroxylation is 4. The van der Waals surface area contributed by atoms with Crippen molar-refractivity contribution in [3.63, 3.8) is 0 Å². The monoisotopic (exact) mass is 377 g/mol. The summed E-state index contributed by atoms with van der Waals surface area (Å²) in [5.41, 5.74) is 11.2. The number of hydrogen-bond acceptors (Lipinski definition) is 1. The molecule has 0 unspecified atom stereocenters. The van der Waals surface area contributed by atoms with Gasteiger partial charge >= 0.3 is 0 Å². The molecule has 0 radical (unpaired) electrons. The Labute approximate surface area is 174 Å². The average molecular weight is 378 g/mol. The van der Waals surface area contributed by atoms with Crippen LogP contribution in [0.25, 0.3) is 11.1 Å². The molecular weight excluding hydrogens is 350 g/mol. The second-order valence-corrected chi connectivity index (χ2v) is 7.83. The van der Waals surface area contributed by atoms with Crippen molar-refractivity contribution in [1.82, 2.24) is 0 Å². The molecule has 144 valence electrons. The van der Waals surface area contributed by atoms with Crippen molar-refractivity contribution in [3.8, 4) is 11.1 Å². The van der Waals surface area contributed by atoms with Crippen LogP contribution in [0.1, 0.15) is 22.3 Å². The summed E-state index contributed by atoms with van der Waals surface area (Å²) in [7, 11) is 0. The van der Waals surface area contributed by atoms with E-state index in [1.54, 1.807) is 0 Å². The van der Waals surface area contributed by atoms with Crippen LogP contribution >= 0.6 is 0 Å². The van der Waals surface area contributed by atoms with Gasteiger partial charge in [0.1, 0.15) is 0 Å². The van der Waals surface area contributed by atoms with Gasteiger partial charge in [-0.05, 0) is 74.2 Å². The second kappa shape index (κ2) is 7.97. The summed E-state index contributed by atoms with van der Waals surface area (Å²) in [4.78, 5) is 2.37. The molecular formula is C28H27N. The van der Waals surface area contributed by atoms with Crippen molar-refractivity contribution in [2.75, 3.05) is 4.90 Å². The Bertz CT molecular complexity index is 1080. The molecule has 4 aromatic carbocycles. The highest BCUT2D eigenvalue weighted by molar-refractivity contribution is 5.81. The molecule has 0 atom stereocenters. The van der Waals surface area contributed by atoms with E-state index in [9.17, 15) is 0 Å². The molecule has 1 nitrogen and oxygen atoms in total. The van der Waals surface area contributed by atoms with Gasteiger partial charge in [0.2, 0.25) is 0 Å². The van der Waals surface area contributed by atoms with E-state index in [1.807, 2.05) is 0 Å². The van der Waals surface area contributed by atoms with E-state index in [-0.39, 0.29) is 0 Å². The molecule has 0 saturated heterocycles. The Hall–Kier alpha value is -3.32. The Morgan fingerprint density at radius 3 is 1.52 bits per heavy atom. The van der Waals surface area contributed by atoms with Gasteiger partial charge < -0.3 is 4.90 Å². The molecule has 0 spiro atoms. The van der Waals surface area contributed by atoms with Crippen LogP contribution in [0.2, 0.25) is 0 Å². The third kappa shape index (κ3) is 3.95. The van der Waals surface area contributed by atoms with Crippen LogP contribution < -0.4 is 4.90 Å². The lowest BCUT2D eigenvalue weighted by Gasteiger charge is -2.29. The Morgan fingerprint density at radius 1 is 0.483 bits per heavy atom. The van der Waals surface area contributed by atoms with Crippen LogP contribution in [0.5, 0.6) is 0 Å². The van der Waals surface area contributed by atoms with E-state index in [0.717, 1.165) is 0 Å². The zero-order valence-electron chi connectivity index (χ0n) is 17.6. The maximum absolute atomic E-state index is 2.37. The fraction of sp³-hybridized carbons (Fsp3) is 0.143. The fourth-order valence-electron chi connectivity index (χ4n) is 4.06. The number of nitrogens with zero attached hydrogens (tertiary/aromatic N) is 1. The lowest BCUT2D eigenvalue weighted by molar-refractivity contribution is 1.20. The molecule has 4 aromatic rings. The smallest absolute Gasteiger partial charge is 0.0520 e. The van der Waals surface area contributed by atoms with Gasteiger partial charge in [0, 0.05) is 11.4 Å². The van der Waals surface area contributed by atoms with Crippen molar-refractivity contribution < 1.29 is 0 Å². The van der Waals surface area contributed by atoms with Gasteiger partial charge in [-0.1, -0.05) is 77.9 Å². The third-order valence-corrected chi connectivity index (χ3v) is 5.38. The van der Waals surface area contributed by atoms with E-state index < -0.39 is 0 Å². The maximum atomic E-state index is 2.37. The first-order valence-electron chi connectivity index (χ1n) is 10.1. The van der Waals surface area contributed by atoms with E-state index in [0.29, 0.717) is 0 Å². The van der Waals surface area contributed by atoms with Crippen molar-refractivity contribution in [2.45, 2.75) is 27.7 Å². The predicted octanol–water partition coefficient (Wildman–Crippen LogP) is 8.06. The Balaban J connectivity index is 1.84. The van der Waals surface area contributed by atoms with Crippen LogP contribution in [0, 0.1) is 27.7 Å². The van der Waals surface area contributed by atoms with Crippen LogP contribution in [0.15, 0.2) is 91.0 Å². The van der Waals surface area contributed by atoms with Crippen molar-refractivity contribution in [2.24, 2.45) is 0 Å². The van der Waals surface area contributed by atoms with Gasteiger partial charge in [0.25, 0.3) is 0 Å². The standard InChI is InChI=1S/C28H27N/c1-20-10-14-26(15-11-20)29(28-22(3)18-21(2)19-23(28)4)27-16-12-25(13-17-27)24-8-6-5-7-9-24/h5-19H,1-4H3. The van der Waals surface area contributed by atoms with Gasteiger partial charge in [0.15, 0.2) is 0 Å². The van der Waals surface area contributed by atoms with E-state index in [2.05, 4.69) is 124 Å². The first kappa shape index (κ1) is 19.0. The summed E-state index contributed by atoms with van der Waals surface area (Å²) >= 11 is 0. The predicted molar refractivity (Wildman–Crippen MR) is 126 cm³/mol. The van der Waals surface area contributed by atoms with Gasteiger partial charge in [-0.25, -0.2) is 0 Å². The molecule has 0 N–H and O–H groups in total. The molecule has 0 aliphatic rings. The Kier molecular flexibility index (Phi) is 5.22. The lowest BCUT2D eigenvalue weighted by atomic mass is 10.0. The average Bonchev–Trinajstić information content (AvgIpc) is 2.72. The molecule has 0 aromatic heterocycles. The summed E-state index contributed by atoms with van der Waals surface area (Å²) in [6.45, 7) is 8.70. The summed E-state index contributed by atoms with van der Waals surface area (Å²) < 4.78 is 0. The van der Waals surface area contributed by atoms with Gasteiger partial charge in [-0.2, -0.15) is 0 Å². The molecule has 0 saturated carbocycles. The van der Waals surface area contributed by atoms with E-state index >= 15 is 0 Å². The van der Waals surface area contributed by atoms with Gasteiger partial charge in [-0.3, -0.25) is 0 Å². The first-order valence-corrected chi connectivity index (χ1v) is 10.1. The quantitative estimate of drug-likeness (QED) is 0.347. The largest absolute Gasteiger partial charge is 0.310 e. The summed E-state index contributed by atoms with van der Waals surface area (Å²) in [5.74, 6) is 0. The minimum absolute atomic E-state index is 1.17. The number of rotatable bonds is 4. The van der Waals surface area contributed by atoms with Crippen molar-refractivity contribution in [3.05, 3.63) is 113 Å². The molecule has 29 heavy (non-hydrogen) atoms. The van der Waals surface area contributed by atoms with E-state index in [4.69, 9.17) is 0 Å². The summed E-state index contributed by atoms with van der Waals surface area (Å²) in [6.07, 6.45) is 0. The van der Waals surface area contributed by atoms with Crippen LogP contribution in [0.3, 0.4) is 0 Å². The maximum Gasteiger partial charge on any atom is 0.0520 e. The molecule has 0 fully saturated rings. The lowest BCUT2D eigenvalue weighted by Crippen LogP contribution is -2.13. The molecule has 1 heteroatoms. The highest BCUT2D eigenvalue weighted by Gasteiger charge is 2.17. The van der Waals surface area contributed by atoms with Gasteiger partial charge in [-0.15, -0.1) is 0 Å². The highest BCUT2D eigenvalue weighted by Crippen LogP contribution is 2.39. The zero-order chi connectivity index (χ0) is 20.4. The fourth-order valence-corrected chi connectivity index (χ4v) is 4.06. The molecule has 0 heterocycles. The van der Waals surface area contributed by atoms with Crippen molar-refractivity contribution in [1.29, 1.82) is 0 Å². The summed E-state index contributed by atoms with van der Waals surface area (Å²) in [6, 6.07) is 32.7. The topological polar surface area (TPSA) is 3.24 Å². The van der Waals surface area contributed by atoms with E-state index in [1.165, 1.54) is 50.4 Å². The van der Waals surface area contributed by atoms with Crippen molar-refractivity contribution >= 4 is 17.1 Å². The minimum atomic E-state index is 1.17. The molecule has 0 aliphatic carbocycles. The molecule has 0 amide bonds. The zero-order valence-corrected chi connectivity index (χ0v) is 17.6. The third-order valence-electron chi connectivity index (χ3n) is 5.38. The second-order valence-electron chi connectivity index (χ2n) is 7.83. The van der Waals surface area contributed by atoms with Crippen LogP contribution in [-0.2, 0) is 0 Å². The SMILES string of the molecule is Cc1ccc(N(c2ccc(-c3ccccc3)cc2)c2c(C)cc(C)cc2C)cc1. The molecule has 0 bridgehead atoms. The number of anilines is 3. The highest BCUT2D eigenvalue weighted by atomic mass is 15.1. The summed E-state index contributed by atoms with van der Waals surface area (Å²) in [5, 5.41) is 0. The first-order chi connectivity index (χ1) is 14.0.